The standard InChI is InChI=1S/C16H16BrClN4O/c1-9-4-6-13(23-9)16(20-14-7-5-12(17)8-19-14)22-11(3)15(18)10(2)21-22/h4-8,16H,1-3H3,(H,19,20)/t16-/m1/s1. The number of hydrogen-bond donors (Lipinski definition) is 1. The van der Waals surface area contributed by atoms with Gasteiger partial charge in [0, 0.05) is 10.7 Å². The zero-order valence-corrected chi connectivity index (χ0v) is 15.3. The highest BCUT2D eigenvalue weighted by molar-refractivity contribution is 9.10. The van der Waals surface area contributed by atoms with Crippen LogP contribution >= 0.6 is 27.5 Å². The average molecular weight is 396 g/mol. The lowest BCUT2D eigenvalue weighted by Crippen LogP contribution is -2.22. The number of aryl methyl sites for hydroxylation is 2. The molecule has 0 saturated heterocycles. The second-order valence-electron chi connectivity index (χ2n) is 5.29. The molecule has 0 fully saturated rings. The molecule has 5 nitrogen and oxygen atoms in total. The van der Waals surface area contributed by atoms with Gasteiger partial charge < -0.3 is 9.73 Å². The smallest absolute Gasteiger partial charge is 0.180 e. The van der Waals surface area contributed by atoms with E-state index in [0.29, 0.717) is 5.02 Å². The van der Waals surface area contributed by atoms with Gasteiger partial charge in [0.15, 0.2) is 6.17 Å². The van der Waals surface area contributed by atoms with Crippen LogP contribution in [-0.4, -0.2) is 14.8 Å². The lowest BCUT2D eigenvalue weighted by molar-refractivity contribution is 0.412. The molecule has 0 aliphatic rings. The summed E-state index contributed by atoms with van der Waals surface area (Å²) >= 11 is 9.68. The van der Waals surface area contributed by atoms with E-state index in [1.807, 2.05) is 49.7 Å². The van der Waals surface area contributed by atoms with E-state index in [1.54, 1.807) is 6.20 Å². The van der Waals surface area contributed by atoms with Gasteiger partial charge in [-0.1, -0.05) is 11.6 Å². The Hall–Kier alpha value is -1.79. The minimum Gasteiger partial charge on any atom is -0.462 e. The van der Waals surface area contributed by atoms with Crippen LogP contribution in [0.3, 0.4) is 0 Å². The van der Waals surface area contributed by atoms with Gasteiger partial charge in [0.2, 0.25) is 0 Å². The van der Waals surface area contributed by atoms with Crippen molar-refractivity contribution in [3.8, 4) is 0 Å². The molecular formula is C16H16BrClN4O. The number of pyridine rings is 1. The van der Waals surface area contributed by atoms with Gasteiger partial charge in [-0.25, -0.2) is 9.67 Å². The molecule has 0 amide bonds. The minimum atomic E-state index is -0.330. The molecule has 3 aromatic rings. The van der Waals surface area contributed by atoms with Crippen LogP contribution in [-0.2, 0) is 0 Å². The minimum absolute atomic E-state index is 0.330. The fourth-order valence-corrected chi connectivity index (χ4v) is 2.71. The van der Waals surface area contributed by atoms with Gasteiger partial charge in [0.25, 0.3) is 0 Å². The molecule has 1 atom stereocenters. The second-order valence-corrected chi connectivity index (χ2v) is 6.58. The normalized spacial score (nSPS) is 12.4. The molecule has 0 saturated carbocycles. The number of hydrogen-bond acceptors (Lipinski definition) is 4. The molecule has 1 N–H and O–H groups in total. The summed E-state index contributed by atoms with van der Waals surface area (Å²) in [6.07, 6.45) is 1.41. The number of rotatable bonds is 4. The van der Waals surface area contributed by atoms with Crippen molar-refractivity contribution in [1.29, 1.82) is 0 Å². The summed E-state index contributed by atoms with van der Waals surface area (Å²) in [6.45, 7) is 5.72. The van der Waals surface area contributed by atoms with E-state index < -0.39 is 0 Å². The van der Waals surface area contributed by atoms with Crippen molar-refractivity contribution in [2.24, 2.45) is 0 Å². The van der Waals surface area contributed by atoms with Crippen LogP contribution < -0.4 is 5.32 Å². The van der Waals surface area contributed by atoms with Gasteiger partial charge in [0.1, 0.15) is 17.3 Å². The number of nitrogens with one attached hydrogen (secondary N) is 1. The maximum Gasteiger partial charge on any atom is 0.180 e. The molecule has 7 heteroatoms. The number of halogens is 2. The van der Waals surface area contributed by atoms with Gasteiger partial charge in [0.05, 0.1) is 16.4 Å². The van der Waals surface area contributed by atoms with E-state index in [2.05, 4.69) is 31.3 Å². The van der Waals surface area contributed by atoms with E-state index in [9.17, 15) is 0 Å². The fraction of sp³-hybridized carbons (Fsp3) is 0.250. The quantitative estimate of drug-likeness (QED) is 0.684. The Bertz CT molecular complexity index is 825. The van der Waals surface area contributed by atoms with Crippen molar-refractivity contribution >= 4 is 33.3 Å². The third-order valence-electron chi connectivity index (χ3n) is 3.52. The first-order valence-electron chi connectivity index (χ1n) is 7.11. The summed E-state index contributed by atoms with van der Waals surface area (Å²) in [6, 6.07) is 7.66. The first-order valence-corrected chi connectivity index (χ1v) is 8.28. The highest BCUT2D eigenvalue weighted by atomic mass is 79.9. The SMILES string of the molecule is Cc1ccc([C@H](Nc2ccc(Br)cn2)n2nc(C)c(Cl)c2C)o1. The molecule has 0 aliphatic carbocycles. The van der Waals surface area contributed by atoms with Crippen LogP contribution in [0.2, 0.25) is 5.02 Å². The summed E-state index contributed by atoms with van der Waals surface area (Å²) in [4.78, 5) is 4.36. The lowest BCUT2D eigenvalue weighted by atomic mass is 10.3. The Morgan fingerprint density at radius 2 is 2.00 bits per heavy atom. The predicted octanol–water partition coefficient (Wildman–Crippen LogP) is 4.87. The van der Waals surface area contributed by atoms with Crippen molar-refractivity contribution in [2.75, 3.05) is 5.32 Å². The highest BCUT2D eigenvalue weighted by Crippen LogP contribution is 2.28. The molecule has 3 rings (SSSR count). The molecule has 120 valence electrons. The fourth-order valence-electron chi connectivity index (χ4n) is 2.35. The predicted molar refractivity (Wildman–Crippen MR) is 93.9 cm³/mol. The third kappa shape index (κ3) is 3.28. The largest absolute Gasteiger partial charge is 0.462 e. The van der Waals surface area contributed by atoms with Crippen LogP contribution in [0.15, 0.2) is 39.4 Å². The highest BCUT2D eigenvalue weighted by Gasteiger charge is 2.22. The van der Waals surface area contributed by atoms with Crippen molar-refractivity contribution < 1.29 is 4.42 Å². The summed E-state index contributed by atoms with van der Waals surface area (Å²) in [5, 5.41) is 8.54. The maximum atomic E-state index is 6.30. The van der Waals surface area contributed by atoms with Crippen LogP contribution in [0, 0.1) is 20.8 Å². The summed E-state index contributed by atoms with van der Waals surface area (Å²) in [7, 11) is 0. The van der Waals surface area contributed by atoms with Gasteiger partial charge in [-0.15, -0.1) is 0 Å². The molecule has 0 aromatic carbocycles. The number of furan rings is 1. The van der Waals surface area contributed by atoms with E-state index in [-0.39, 0.29) is 6.17 Å². The van der Waals surface area contributed by atoms with Crippen LogP contribution in [0.5, 0.6) is 0 Å². The monoisotopic (exact) mass is 394 g/mol. The van der Waals surface area contributed by atoms with Crippen molar-refractivity contribution in [3.05, 3.63) is 62.9 Å². The molecule has 23 heavy (non-hydrogen) atoms. The van der Waals surface area contributed by atoms with E-state index in [1.165, 1.54) is 0 Å². The molecule has 3 aromatic heterocycles. The Kier molecular flexibility index (Phi) is 4.46. The lowest BCUT2D eigenvalue weighted by Gasteiger charge is -2.19. The zero-order chi connectivity index (χ0) is 16.6. The van der Waals surface area contributed by atoms with Gasteiger partial charge >= 0.3 is 0 Å². The second kappa shape index (κ2) is 6.37. The summed E-state index contributed by atoms with van der Waals surface area (Å²) in [5.41, 5.74) is 1.65. The number of aromatic nitrogens is 3. The first kappa shape index (κ1) is 16.1. The Balaban J connectivity index is 2.03. The van der Waals surface area contributed by atoms with Crippen molar-refractivity contribution in [3.63, 3.8) is 0 Å². The molecule has 0 unspecified atom stereocenters. The van der Waals surface area contributed by atoms with Gasteiger partial charge in [-0.2, -0.15) is 5.10 Å². The molecule has 0 radical (unpaired) electrons. The Labute approximate surface area is 147 Å². The third-order valence-corrected chi connectivity index (χ3v) is 4.54. The number of nitrogens with zero attached hydrogens (tertiary/aromatic N) is 3. The Morgan fingerprint density at radius 3 is 2.52 bits per heavy atom. The zero-order valence-electron chi connectivity index (χ0n) is 13.0. The van der Waals surface area contributed by atoms with Crippen LogP contribution in [0.1, 0.15) is 29.1 Å². The Morgan fingerprint density at radius 1 is 1.22 bits per heavy atom. The molecular weight excluding hydrogens is 380 g/mol. The first-order chi connectivity index (χ1) is 11.0. The summed E-state index contributed by atoms with van der Waals surface area (Å²) < 4.78 is 8.53. The van der Waals surface area contributed by atoms with Gasteiger partial charge in [-0.05, 0) is 61.0 Å². The van der Waals surface area contributed by atoms with E-state index >= 15 is 0 Å². The molecule has 3 heterocycles. The van der Waals surface area contributed by atoms with Crippen LogP contribution in [0.25, 0.3) is 0 Å². The van der Waals surface area contributed by atoms with Crippen molar-refractivity contribution in [1.82, 2.24) is 14.8 Å². The summed E-state index contributed by atoms with van der Waals surface area (Å²) in [5.74, 6) is 2.30. The van der Waals surface area contributed by atoms with Gasteiger partial charge in [-0.3, -0.25) is 0 Å². The molecule has 0 spiro atoms. The molecule has 0 bridgehead atoms. The van der Waals surface area contributed by atoms with E-state index in [4.69, 9.17) is 16.0 Å². The average Bonchev–Trinajstić information content (AvgIpc) is 3.06. The van der Waals surface area contributed by atoms with E-state index in [0.717, 1.165) is 33.2 Å². The topological polar surface area (TPSA) is 55.9 Å². The van der Waals surface area contributed by atoms with Crippen molar-refractivity contribution in [2.45, 2.75) is 26.9 Å². The maximum absolute atomic E-state index is 6.30. The number of anilines is 1. The molecule has 0 aliphatic heterocycles. The van der Waals surface area contributed by atoms with Crippen LogP contribution in [0.4, 0.5) is 5.82 Å².